The molecule has 0 saturated carbocycles. The number of rotatable bonds is 5. The van der Waals surface area contributed by atoms with Crippen LogP contribution in [-0.2, 0) is 6.54 Å². The molecule has 122 valence electrons. The highest BCUT2D eigenvalue weighted by atomic mass is 15.3. The lowest BCUT2D eigenvalue weighted by Gasteiger charge is -2.09. The molecule has 1 aromatic heterocycles. The van der Waals surface area contributed by atoms with E-state index >= 15 is 0 Å². The van der Waals surface area contributed by atoms with Gasteiger partial charge in [-0.05, 0) is 29.8 Å². The Balaban J connectivity index is 1.52. The Hall–Kier alpha value is -3.17. The van der Waals surface area contributed by atoms with Crippen LogP contribution < -0.4 is 10.9 Å². The zero-order chi connectivity index (χ0) is 16.9. The van der Waals surface area contributed by atoms with Gasteiger partial charge in [-0.2, -0.15) is 0 Å². The van der Waals surface area contributed by atoms with Gasteiger partial charge in [0.15, 0.2) is 0 Å². The van der Waals surface area contributed by atoms with Crippen LogP contribution in [0.1, 0.15) is 5.56 Å². The van der Waals surface area contributed by atoms with Crippen LogP contribution in [0.15, 0.2) is 91.0 Å². The lowest BCUT2D eigenvalue weighted by atomic mass is 10.1. The number of hydrogen-bond donors (Lipinski definition) is 2. The lowest BCUT2D eigenvalue weighted by Crippen LogP contribution is -2.20. The van der Waals surface area contributed by atoms with Crippen molar-refractivity contribution in [2.45, 2.75) is 6.54 Å². The van der Waals surface area contributed by atoms with E-state index in [0.717, 1.165) is 34.4 Å². The number of anilines is 1. The predicted molar refractivity (Wildman–Crippen MR) is 104 cm³/mol. The van der Waals surface area contributed by atoms with Gasteiger partial charge in [-0.15, -0.1) is 0 Å². The van der Waals surface area contributed by atoms with Gasteiger partial charge in [0.25, 0.3) is 0 Å². The average molecular weight is 325 g/mol. The van der Waals surface area contributed by atoms with Gasteiger partial charge in [0.05, 0.1) is 11.2 Å². The Morgan fingerprint density at radius 1 is 0.720 bits per heavy atom. The molecule has 0 atom stereocenters. The monoisotopic (exact) mass is 325 g/mol. The van der Waals surface area contributed by atoms with E-state index in [1.54, 1.807) is 0 Å². The topological polar surface area (TPSA) is 37.0 Å². The number of nitrogens with one attached hydrogen (secondary N) is 2. The standard InChI is InChI=1S/C22H19N3/c1-3-7-18(8-4-1)21-14-13-19-12-11-17(15-22(19)24-21)16-23-25-20-9-5-2-6-10-20/h1-15,23,25H,16H2. The third-order valence-electron chi connectivity index (χ3n) is 4.13. The third kappa shape index (κ3) is 3.67. The summed E-state index contributed by atoms with van der Waals surface area (Å²) < 4.78 is 0. The van der Waals surface area contributed by atoms with E-state index in [4.69, 9.17) is 4.98 Å². The molecule has 3 aromatic carbocycles. The van der Waals surface area contributed by atoms with Crippen molar-refractivity contribution in [1.29, 1.82) is 0 Å². The molecule has 4 rings (SSSR count). The van der Waals surface area contributed by atoms with E-state index in [0.29, 0.717) is 0 Å². The summed E-state index contributed by atoms with van der Waals surface area (Å²) in [6, 6.07) is 31.0. The molecular formula is C22H19N3. The molecule has 0 aliphatic carbocycles. The average Bonchev–Trinajstić information content (AvgIpc) is 2.69. The van der Waals surface area contributed by atoms with Gasteiger partial charge in [0.2, 0.25) is 0 Å². The van der Waals surface area contributed by atoms with Crippen molar-refractivity contribution >= 4 is 16.6 Å². The van der Waals surface area contributed by atoms with Gasteiger partial charge in [0.1, 0.15) is 0 Å². The van der Waals surface area contributed by atoms with Crippen LogP contribution in [0.5, 0.6) is 0 Å². The smallest absolute Gasteiger partial charge is 0.0712 e. The highest BCUT2D eigenvalue weighted by Gasteiger charge is 2.02. The number of benzene rings is 3. The molecule has 0 unspecified atom stereocenters. The minimum atomic E-state index is 0.724. The molecule has 0 radical (unpaired) electrons. The summed E-state index contributed by atoms with van der Waals surface area (Å²) in [6.07, 6.45) is 0. The van der Waals surface area contributed by atoms with Crippen LogP contribution in [0.4, 0.5) is 5.69 Å². The first-order valence-electron chi connectivity index (χ1n) is 8.37. The first-order valence-corrected chi connectivity index (χ1v) is 8.37. The van der Waals surface area contributed by atoms with E-state index in [9.17, 15) is 0 Å². The number of hydrogen-bond acceptors (Lipinski definition) is 3. The minimum Gasteiger partial charge on any atom is -0.321 e. The second kappa shape index (κ2) is 7.16. The van der Waals surface area contributed by atoms with Gasteiger partial charge in [-0.25, -0.2) is 10.4 Å². The third-order valence-corrected chi connectivity index (χ3v) is 4.13. The van der Waals surface area contributed by atoms with E-state index in [1.165, 1.54) is 5.56 Å². The van der Waals surface area contributed by atoms with E-state index in [2.05, 4.69) is 53.3 Å². The Kier molecular flexibility index (Phi) is 4.40. The Labute approximate surface area is 147 Å². The molecule has 25 heavy (non-hydrogen) atoms. The fourth-order valence-corrected chi connectivity index (χ4v) is 2.81. The molecule has 0 spiro atoms. The summed E-state index contributed by atoms with van der Waals surface area (Å²) in [6.45, 7) is 0.724. The molecule has 3 nitrogen and oxygen atoms in total. The summed E-state index contributed by atoms with van der Waals surface area (Å²) in [5.41, 5.74) is 11.8. The summed E-state index contributed by atoms with van der Waals surface area (Å²) in [7, 11) is 0. The van der Waals surface area contributed by atoms with Crippen LogP contribution in [0.25, 0.3) is 22.2 Å². The molecule has 0 amide bonds. The van der Waals surface area contributed by atoms with Gasteiger partial charge < -0.3 is 5.43 Å². The number of para-hydroxylation sites is 1. The van der Waals surface area contributed by atoms with E-state index < -0.39 is 0 Å². The van der Waals surface area contributed by atoms with Crippen molar-refractivity contribution in [1.82, 2.24) is 10.4 Å². The largest absolute Gasteiger partial charge is 0.321 e. The maximum absolute atomic E-state index is 4.82. The lowest BCUT2D eigenvalue weighted by molar-refractivity contribution is 0.802. The molecule has 1 heterocycles. The quantitative estimate of drug-likeness (QED) is 0.506. The summed E-state index contributed by atoms with van der Waals surface area (Å²) in [5, 5.41) is 1.15. The Morgan fingerprint density at radius 3 is 2.24 bits per heavy atom. The Morgan fingerprint density at radius 2 is 1.44 bits per heavy atom. The van der Waals surface area contributed by atoms with E-state index in [-0.39, 0.29) is 0 Å². The second-order valence-electron chi connectivity index (χ2n) is 5.93. The second-order valence-corrected chi connectivity index (χ2v) is 5.93. The summed E-state index contributed by atoms with van der Waals surface area (Å²) in [4.78, 5) is 4.82. The van der Waals surface area contributed by atoms with Gasteiger partial charge >= 0.3 is 0 Å². The molecule has 2 N–H and O–H groups in total. The molecule has 0 aliphatic heterocycles. The van der Waals surface area contributed by atoms with Crippen LogP contribution in [0.3, 0.4) is 0 Å². The van der Waals surface area contributed by atoms with Crippen molar-refractivity contribution in [3.05, 3.63) is 96.6 Å². The van der Waals surface area contributed by atoms with Crippen molar-refractivity contribution < 1.29 is 0 Å². The number of fused-ring (bicyclic) bond motifs is 1. The molecule has 0 aliphatic rings. The number of pyridine rings is 1. The van der Waals surface area contributed by atoms with Crippen molar-refractivity contribution in [2.75, 3.05) is 5.43 Å². The van der Waals surface area contributed by atoms with Crippen molar-refractivity contribution in [3.63, 3.8) is 0 Å². The van der Waals surface area contributed by atoms with Crippen molar-refractivity contribution in [3.8, 4) is 11.3 Å². The first kappa shape index (κ1) is 15.4. The summed E-state index contributed by atoms with van der Waals surface area (Å²) >= 11 is 0. The zero-order valence-corrected chi connectivity index (χ0v) is 13.8. The highest BCUT2D eigenvalue weighted by molar-refractivity contribution is 5.82. The number of nitrogens with zero attached hydrogens (tertiary/aromatic N) is 1. The first-order chi connectivity index (χ1) is 12.4. The van der Waals surface area contributed by atoms with Crippen LogP contribution in [-0.4, -0.2) is 4.98 Å². The zero-order valence-electron chi connectivity index (χ0n) is 13.8. The number of aromatic nitrogens is 1. The number of hydrazine groups is 1. The molecular weight excluding hydrogens is 306 g/mol. The van der Waals surface area contributed by atoms with Gasteiger partial charge in [-0.1, -0.05) is 66.7 Å². The molecule has 3 heteroatoms. The highest BCUT2D eigenvalue weighted by Crippen LogP contribution is 2.21. The maximum atomic E-state index is 4.82. The van der Waals surface area contributed by atoms with E-state index in [1.807, 2.05) is 48.5 Å². The molecule has 0 fully saturated rings. The van der Waals surface area contributed by atoms with Crippen LogP contribution in [0.2, 0.25) is 0 Å². The Bertz CT molecular complexity index is 966. The maximum Gasteiger partial charge on any atom is 0.0712 e. The predicted octanol–water partition coefficient (Wildman–Crippen LogP) is 5.02. The molecule has 0 saturated heterocycles. The fraction of sp³-hybridized carbons (Fsp3) is 0.0455. The SMILES string of the molecule is c1ccc(NNCc2ccc3ccc(-c4ccccc4)nc3c2)cc1. The molecule has 4 aromatic rings. The van der Waals surface area contributed by atoms with Crippen LogP contribution >= 0.6 is 0 Å². The fourth-order valence-electron chi connectivity index (χ4n) is 2.81. The van der Waals surface area contributed by atoms with Crippen LogP contribution in [0, 0.1) is 0 Å². The van der Waals surface area contributed by atoms with Gasteiger partial charge in [-0.3, -0.25) is 0 Å². The summed E-state index contributed by atoms with van der Waals surface area (Å²) in [5.74, 6) is 0. The van der Waals surface area contributed by atoms with Crippen molar-refractivity contribution in [2.24, 2.45) is 0 Å². The van der Waals surface area contributed by atoms with Gasteiger partial charge in [0, 0.05) is 23.2 Å². The minimum absolute atomic E-state index is 0.724. The normalized spacial score (nSPS) is 10.7. The molecule has 0 bridgehead atoms.